The zero-order chi connectivity index (χ0) is 11.6. The fraction of sp³-hybridized carbons (Fsp3) is 0.800. The lowest BCUT2D eigenvalue weighted by molar-refractivity contribution is -0.305. The summed E-state index contributed by atoms with van der Waals surface area (Å²) in [5.41, 5.74) is 0. The molecule has 2 nitrogen and oxygen atoms in total. The van der Waals surface area contributed by atoms with Gasteiger partial charge in [0, 0.05) is 12.4 Å². The average molecular weight is 140 g/mol. The van der Waals surface area contributed by atoms with Gasteiger partial charge in [-0.15, -0.1) is 0 Å². The van der Waals surface area contributed by atoms with Crippen molar-refractivity contribution in [1.29, 1.82) is 0 Å². The smallest absolute Gasteiger partial charge is 0.112 e. The predicted molar refractivity (Wildman–Crippen MR) is 33.7 cm³/mol. The molecule has 3 heteroatoms. The Hall–Kier alpha value is -0.180. The molecular formula is C5H10O2S. The zero-order valence-electron chi connectivity index (χ0n) is 10.1. The molecule has 0 aliphatic heterocycles. The monoisotopic (exact) mass is 140 g/mol. The van der Waals surface area contributed by atoms with E-state index in [1.54, 1.807) is 0 Å². The number of aliphatic carboxylic acids is 1. The molecule has 8 heavy (non-hydrogen) atoms. The maximum absolute atomic E-state index is 10.1. The summed E-state index contributed by atoms with van der Waals surface area (Å²) >= 11 is 0. The van der Waals surface area contributed by atoms with Crippen LogP contribution < -0.4 is 5.11 Å². The van der Waals surface area contributed by atoms with Crippen molar-refractivity contribution in [2.75, 3.05) is 18.1 Å². The minimum Gasteiger partial charge on any atom is -0.550 e. The van der Waals surface area contributed by atoms with E-state index in [2.05, 4.69) is 0 Å². The second-order valence-electron chi connectivity index (χ2n) is 1.22. The van der Waals surface area contributed by atoms with Crippen LogP contribution in [0.25, 0.3) is 0 Å². The molecule has 0 aromatic carbocycles. The van der Waals surface area contributed by atoms with Crippen LogP contribution in [0.5, 0.6) is 0 Å². The lowest BCUT2D eigenvalue weighted by atomic mass is 10.5. The van der Waals surface area contributed by atoms with Crippen molar-refractivity contribution in [3.63, 3.8) is 0 Å². The molecule has 0 heterocycles. The number of hydrogen-bond acceptors (Lipinski definition) is 2. The fourth-order valence-corrected chi connectivity index (χ4v) is 0.556. The number of hydrogen-bond donors (Lipinski definition) is 0. The van der Waals surface area contributed by atoms with Gasteiger partial charge in [-0.05, 0) is 10.9 Å². The molecule has 0 saturated carbocycles. The van der Waals surface area contributed by atoms with Crippen molar-refractivity contribution in [3.8, 4) is 0 Å². The van der Waals surface area contributed by atoms with E-state index in [4.69, 9.17) is 8.22 Å². The first-order chi connectivity index (χ1) is 6.05. The van der Waals surface area contributed by atoms with Crippen LogP contribution in [-0.4, -0.2) is 24.1 Å². The van der Waals surface area contributed by atoms with Crippen LogP contribution in [-0.2, 0) is 15.7 Å². The van der Waals surface area contributed by atoms with E-state index in [1.165, 1.54) is 0 Å². The minimum absolute atomic E-state index is 0.394. The highest BCUT2D eigenvalue weighted by Gasteiger charge is 1.99. The molecule has 0 saturated heterocycles. The highest BCUT2D eigenvalue weighted by molar-refractivity contribution is 7.95. The van der Waals surface area contributed by atoms with E-state index in [0.717, 1.165) is 0 Å². The molecule has 0 rings (SSSR count). The molecule has 0 bridgehead atoms. The van der Waals surface area contributed by atoms with Gasteiger partial charge in [0.1, 0.15) is 5.75 Å². The van der Waals surface area contributed by atoms with Gasteiger partial charge in [-0.2, -0.15) is 0 Å². The van der Waals surface area contributed by atoms with Crippen molar-refractivity contribution in [2.24, 2.45) is 0 Å². The highest BCUT2D eigenvalue weighted by Crippen LogP contribution is 1.86. The summed E-state index contributed by atoms with van der Waals surface area (Å²) in [6.45, 7) is 0. The van der Waals surface area contributed by atoms with Crippen molar-refractivity contribution in [1.82, 2.24) is 0 Å². The van der Waals surface area contributed by atoms with Gasteiger partial charge in [0.05, 0.1) is 20.6 Å². The Bertz CT molecular complexity index is 195. The van der Waals surface area contributed by atoms with Gasteiger partial charge in [0.25, 0.3) is 0 Å². The number of carbonyl (C=O) groups excluding carboxylic acids is 1. The Kier molecular flexibility index (Phi) is 1.05. The van der Waals surface area contributed by atoms with Crippen LogP contribution in [0.15, 0.2) is 0 Å². The molecular weight excluding hydrogens is 124 g/mol. The number of rotatable bonds is 3. The third-order valence-electron chi connectivity index (χ3n) is 0.510. The topological polar surface area (TPSA) is 40.1 Å². The Morgan fingerprint density at radius 2 is 2.50 bits per heavy atom. The molecule has 0 atom stereocenters. The summed E-state index contributed by atoms with van der Waals surface area (Å²) in [5, 5.41) is 10.1. The maximum atomic E-state index is 10.1. The van der Waals surface area contributed by atoms with Gasteiger partial charge < -0.3 is 9.90 Å². The molecule has 0 aliphatic rings. The van der Waals surface area contributed by atoms with Gasteiger partial charge in [0.15, 0.2) is 0 Å². The molecule has 0 fully saturated rings. The molecule has 48 valence electrons. The molecule has 0 spiro atoms. The number of carboxylic acids is 1. The van der Waals surface area contributed by atoms with Crippen molar-refractivity contribution in [3.05, 3.63) is 0 Å². The SMILES string of the molecule is [2H]C([2H])([2H])[S+](CCC(=O)[O-])C([2H])([2H])[2H]. The molecule has 0 amide bonds. The third-order valence-corrected chi connectivity index (χ3v) is 1.12. The molecule has 0 radical (unpaired) electrons. The average Bonchev–Trinajstić information content (AvgIpc) is 1.78. The van der Waals surface area contributed by atoms with Gasteiger partial charge in [0.2, 0.25) is 0 Å². The molecule has 0 unspecified atom stereocenters. The van der Waals surface area contributed by atoms with Crippen LogP contribution in [0, 0.1) is 0 Å². The van der Waals surface area contributed by atoms with Gasteiger partial charge in [-0.25, -0.2) is 0 Å². The Labute approximate surface area is 60.7 Å². The molecule has 0 aliphatic carbocycles. The highest BCUT2D eigenvalue weighted by atomic mass is 32.2. The van der Waals surface area contributed by atoms with E-state index >= 15 is 0 Å². The van der Waals surface area contributed by atoms with E-state index in [9.17, 15) is 9.90 Å². The summed E-state index contributed by atoms with van der Waals surface area (Å²) in [4.78, 5) is 10.1. The second kappa shape index (κ2) is 3.78. The van der Waals surface area contributed by atoms with Crippen LogP contribution in [0.4, 0.5) is 0 Å². The lowest BCUT2D eigenvalue weighted by Crippen LogP contribution is -2.24. The first-order valence-electron chi connectivity index (χ1n) is 4.96. The van der Waals surface area contributed by atoms with Crippen LogP contribution in [0.2, 0.25) is 0 Å². The summed E-state index contributed by atoms with van der Waals surface area (Å²) < 4.78 is 41.8. The quantitative estimate of drug-likeness (QED) is 0.472. The predicted octanol–water partition coefficient (Wildman–Crippen LogP) is -0.996. The van der Waals surface area contributed by atoms with Gasteiger partial charge in [-0.3, -0.25) is 0 Å². The summed E-state index contributed by atoms with van der Waals surface area (Å²) in [6, 6.07) is 0. The first kappa shape index (κ1) is 2.21. The number of carbonyl (C=O) groups is 1. The van der Waals surface area contributed by atoms with E-state index in [-0.39, 0.29) is 0 Å². The van der Waals surface area contributed by atoms with Crippen molar-refractivity contribution >= 4 is 16.9 Å². The van der Waals surface area contributed by atoms with E-state index in [0.29, 0.717) is 0 Å². The molecule has 0 aromatic heterocycles. The lowest BCUT2D eigenvalue weighted by Gasteiger charge is -1.96. The molecule has 0 aromatic rings. The van der Waals surface area contributed by atoms with E-state index in [1.807, 2.05) is 0 Å². The Morgan fingerprint density at radius 1 is 1.88 bits per heavy atom. The third kappa shape index (κ3) is 5.82. The van der Waals surface area contributed by atoms with E-state index < -0.39 is 41.4 Å². The van der Waals surface area contributed by atoms with Crippen molar-refractivity contribution in [2.45, 2.75) is 6.42 Å². The zero-order valence-corrected chi connectivity index (χ0v) is 4.96. The summed E-state index contributed by atoms with van der Waals surface area (Å²) in [6.07, 6.45) is -5.82. The van der Waals surface area contributed by atoms with Gasteiger partial charge >= 0.3 is 0 Å². The maximum Gasteiger partial charge on any atom is 0.112 e. The summed E-state index contributed by atoms with van der Waals surface area (Å²) in [7, 11) is -1.90. The van der Waals surface area contributed by atoms with Crippen LogP contribution in [0.1, 0.15) is 14.6 Å². The van der Waals surface area contributed by atoms with Crippen LogP contribution >= 0.6 is 0 Å². The fourth-order valence-electron chi connectivity index (χ4n) is 0.185. The largest absolute Gasteiger partial charge is 0.550 e. The normalized spacial score (nSPS) is 24.1. The second-order valence-corrected chi connectivity index (χ2v) is 2.41. The Balaban J connectivity index is 4.51. The first-order valence-corrected chi connectivity index (χ1v) is 3.35. The Morgan fingerprint density at radius 3 is 2.88 bits per heavy atom. The number of carboxylic acid groups (broad SMARTS) is 1. The van der Waals surface area contributed by atoms with Crippen molar-refractivity contribution < 1.29 is 18.1 Å². The van der Waals surface area contributed by atoms with Gasteiger partial charge in [-0.1, -0.05) is 0 Å². The van der Waals surface area contributed by atoms with Crippen LogP contribution in [0.3, 0.4) is 0 Å². The standard InChI is InChI=1S/C5H10O2S/c1-8(2)4-3-5(6)7/h3-4H2,1-2H3/i1D3,2D3. The molecule has 0 N–H and O–H groups in total. The minimum atomic E-state index is -2.64. The summed E-state index contributed by atoms with van der Waals surface area (Å²) in [5.74, 6) is -1.83.